The molecule has 0 spiro atoms. The van der Waals surface area contributed by atoms with Crippen LogP contribution in [0.15, 0.2) is 24.3 Å². The Kier molecular flexibility index (Phi) is 7.10. The van der Waals surface area contributed by atoms with Gasteiger partial charge in [-0.15, -0.1) is 0 Å². The van der Waals surface area contributed by atoms with E-state index in [0.717, 1.165) is 0 Å². The van der Waals surface area contributed by atoms with Crippen molar-refractivity contribution in [1.82, 2.24) is 0 Å². The Balaban J connectivity index is 0.00000169. The van der Waals surface area contributed by atoms with Gasteiger partial charge in [0.25, 0.3) is 0 Å². The Morgan fingerprint density at radius 3 is 2.43 bits per heavy atom. The summed E-state index contributed by atoms with van der Waals surface area (Å²) in [4.78, 5) is 2.20. The Hall–Kier alpha value is -0.158. The molecule has 0 radical (unpaired) electrons. The molecule has 14 heavy (non-hydrogen) atoms. The molecule has 3 heteroatoms. The minimum atomic E-state index is 0. The third-order valence-corrected chi connectivity index (χ3v) is 3.43. The predicted octanol–water partition coefficient (Wildman–Crippen LogP) is -0.601. The average molecular weight is 226 g/mol. The molecule has 0 atom stereocenters. The fourth-order valence-corrected chi connectivity index (χ4v) is 2.36. The number of anilines is 1. The van der Waals surface area contributed by atoms with Crippen LogP contribution in [-0.2, 0) is 5.28 Å². The van der Waals surface area contributed by atoms with Gasteiger partial charge in [-0.05, 0) is 0 Å². The quantitative estimate of drug-likeness (QED) is 0.619. The van der Waals surface area contributed by atoms with Crippen molar-refractivity contribution in [2.75, 3.05) is 19.0 Å². The van der Waals surface area contributed by atoms with Crippen LogP contribution in [0.3, 0.4) is 0 Å². The maximum atomic E-state index is 2.27. The van der Waals surface area contributed by atoms with Crippen molar-refractivity contribution in [2.24, 2.45) is 0 Å². The summed E-state index contributed by atoms with van der Waals surface area (Å²) in [7, 11) is 4.22. The summed E-state index contributed by atoms with van der Waals surface area (Å²) in [5.74, 6) is 0. The summed E-state index contributed by atoms with van der Waals surface area (Å²) in [6.07, 6.45) is 0. The van der Waals surface area contributed by atoms with Gasteiger partial charge in [0.2, 0.25) is 0 Å². The van der Waals surface area contributed by atoms with Gasteiger partial charge in [0.05, 0.1) is 0 Å². The van der Waals surface area contributed by atoms with E-state index in [0.29, 0.717) is 15.2 Å². The van der Waals surface area contributed by atoms with Crippen LogP contribution in [0.25, 0.3) is 0 Å². The van der Waals surface area contributed by atoms with E-state index >= 15 is 0 Å². The van der Waals surface area contributed by atoms with Crippen LogP contribution in [0.4, 0.5) is 5.69 Å². The van der Waals surface area contributed by atoms with Gasteiger partial charge in [0.1, 0.15) is 0 Å². The van der Waals surface area contributed by atoms with Gasteiger partial charge >= 0.3 is 87.2 Å². The number of para-hydroxylation sites is 1. The minimum Gasteiger partial charge on any atom is -1.00 e. The summed E-state index contributed by atoms with van der Waals surface area (Å²) in [5.41, 5.74) is 2.88. The van der Waals surface area contributed by atoms with E-state index in [1.54, 1.807) is 0 Å². The van der Waals surface area contributed by atoms with Gasteiger partial charge in [0, 0.05) is 0 Å². The van der Waals surface area contributed by atoms with E-state index in [1.807, 2.05) is 0 Å². The second-order valence-corrected chi connectivity index (χ2v) is 5.23. The summed E-state index contributed by atoms with van der Waals surface area (Å²) in [5, 5.41) is 2.63. The first kappa shape index (κ1) is 13.8. The van der Waals surface area contributed by atoms with Crippen molar-refractivity contribution >= 4 is 20.9 Å². The first-order chi connectivity index (χ1) is 6.25. The van der Waals surface area contributed by atoms with E-state index in [-0.39, 0.29) is 12.4 Å². The molecular weight excluding hydrogens is 209 g/mol. The second kappa shape index (κ2) is 7.18. The Morgan fingerprint density at radius 2 is 1.86 bits per heavy atom. The zero-order valence-corrected chi connectivity index (χ0v) is 11.0. The molecule has 0 aromatic heterocycles. The largest absolute Gasteiger partial charge is 1.00 e. The van der Waals surface area contributed by atoms with Gasteiger partial charge in [0.15, 0.2) is 0 Å². The fourth-order valence-electron chi connectivity index (χ4n) is 1.42. The topological polar surface area (TPSA) is 3.24 Å². The van der Waals surface area contributed by atoms with E-state index in [1.165, 1.54) is 21.8 Å². The summed E-state index contributed by atoms with van der Waals surface area (Å²) in [6, 6.07) is 8.69. The Bertz CT molecular complexity index is 263. The fraction of sp³-hybridized carbons (Fsp3) is 0.455. The SMILES string of the molecule is C[CH2][Al+][CH2]c1ccccc1N(C)C.[Cl-]. The maximum absolute atomic E-state index is 2.27. The van der Waals surface area contributed by atoms with E-state index in [9.17, 15) is 0 Å². The molecule has 0 bridgehead atoms. The third kappa shape index (κ3) is 3.92. The van der Waals surface area contributed by atoms with Gasteiger partial charge in [-0.1, -0.05) is 0 Å². The molecule has 1 nitrogen and oxygen atoms in total. The number of benzene rings is 1. The van der Waals surface area contributed by atoms with E-state index in [4.69, 9.17) is 0 Å². The van der Waals surface area contributed by atoms with Gasteiger partial charge in [-0.2, -0.15) is 0 Å². The van der Waals surface area contributed by atoms with Crippen LogP contribution in [0.1, 0.15) is 12.5 Å². The number of hydrogen-bond donors (Lipinski definition) is 0. The predicted molar refractivity (Wildman–Crippen MR) is 60.7 cm³/mol. The van der Waals surface area contributed by atoms with Crippen LogP contribution in [0, 0.1) is 0 Å². The molecule has 0 saturated heterocycles. The summed E-state index contributed by atoms with van der Waals surface area (Å²) < 4.78 is 0. The molecule has 1 aromatic carbocycles. The first-order valence-electron chi connectivity index (χ1n) is 4.82. The van der Waals surface area contributed by atoms with Crippen LogP contribution >= 0.6 is 0 Å². The Morgan fingerprint density at radius 1 is 1.21 bits per heavy atom. The van der Waals surface area contributed by atoms with E-state index in [2.05, 4.69) is 50.2 Å². The molecular formula is C11H17AlClN. The van der Waals surface area contributed by atoms with Crippen molar-refractivity contribution in [1.29, 1.82) is 0 Å². The molecule has 1 aromatic rings. The number of hydrogen-bond acceptors (Lipinski definition) is 1. The number of nitrogens with zero attached hydrogens (tertiary/aromatic N) is 1. The molecule has 0 heterocycles. The van der Waals surface area contributed by atoms with Crippen molar-refractivity contribution < 1.29 is 12.4 Å². The third-order valence-electron chi connectivity index (χ3n) is 2.13. The van der Waals surface area contributed by atoms with Crippen molar-refractivity contribution in [3.8, 4) is 0 Å². The summed E-state index contributed by atoms with van der Waals surface area (Å²) in [6.45, 7) is 2.27. The smallest absolute Gasteiger partial charge is 1.00 e. The van der Waals surface area contributed by atoms with Gasteiger partial charge in [-0.25, -0.2) is 0 Å². The monoisotopic (exact) mass is 225 g/mol. The zero-order valence-electron chi connectivity index (χ0n) is 9.13. The summed E-state index contributed by atoms with van der Waals surface area (Å²) >= 11 is 0.599. The van der Waals surface area contributed by atoms with Crippen molar-refractivity contribution in [3.05, 3.63) is 29.8 Å². The van der Waals surface area contributed by atoms with Gasteiger partial charge < -0.3 is 12.4 Å². The average Bonchev–Trinajstić information content (AvgIpc) is 2.15. The van der Waals surface area contributed by atoms with Crippen LogP contribution in [0.2, 0.25) is 5.28 Å². The van der Waals surface area contributed by atoms with Gasteiger partial charge in [-0.3, -0.25) is 0 Å². The molecule has 0 aliphatic carbocycles. The normalized spacial score (nSPS) is 8.79. The molecule has 0 amide bonds. The van der Waals surface area contributed by atoms with Crippen molar-refractivity contribution in [2.45, 2.75) is 17.5 Å². The Labute approximate surface area is 99.6 Å². The van der Waals surface area contributed by atoms with Crippen LogP contribution in [-0.4, -0.2) is 29.3 Å². The molecule has 1 rings (SSSR count). The van der Waals surface area contributed by atoms with Crippen molar-refractivity contribution in [3.63, 3.8) is 0 Å². The molecule has 0 aliphatic heterocycles. The molecule has 0 fully saturated rings. The molecule has 0 saturated carbocycles. The minimum absolute atomic E-state index is 0. The van der Waals surface area contributed by atoms with Crippen LogP contribution < -0.4 is 17.3 Å². The molecule has 76 valence electrons. The number of rotatable bonds is 4. The zero-order chi connectivity index (χ0) is 9.68. The van der Waals surface area contributed by atoms with Crippen LogP contribution in [0.5, 0.6) is 0 Å². The molecule has 0 unspecified atom stereocenters. The molecule has 0 aliphatic rings. The number of halogens is 1. The second-order valence-electron chi connectivity index (χ2n) is 3.42. The maximum Gasteiger partial charge on any atom is -1.00 e. The van der Waals surface area contributed by atoms with E-state index < -0.39 is 0 Å². The first-order valence-corrected chi connectivity index (χ1v) is 6.46. The standard InChI is InChI=1S/C9H12N.C2H5.Al.ClH/c1-8-6-4-5-7-9(8)10(2)3;1-2;;/h4-7H,1H2,2-3H3;1H2,2H3;;1H/q;;+1;/p-1. The molecule has 0 N–H and O–H groups in total.